The van der Waals surface area contributed by atoms with Crippen molar-refractivity contribution >= 4 is 28.2 Å². The average Bonchev–Trinajstić information content (AvgIpc) is 2.82. The van der Waals surface area contributed by atoms with Gasteiger partial charge in [-0.3, -0.25) is 19.7 Å². The highest BCUT2D eigenvalue weighted by Gasteiger charge is 2.23. The summed E-state index contributed by atoms with van der Waals surface area (Å²) < 4.78 is 5.45. The van der Waals surface area contributed by atoms with Crippen molar-refractivity contribution in [3.05, 3.63) is 110 Å². The molecule has 4 rings (SSSR count). The van der Waals surface area contributed by atoms with Crippen LogP contribution in [0.3, 0.4) is 0 Å². The first-order valence-corrected chi connectivity index (χ1v) is 10.2. The van der Waals surface area contributed by atoms with Crippen LogP contribution in [0.5, 0.6) is 5.75 Å². The number of nitrogens with one attached hydrogen (secondary N) is 1. The van der Waals surface area contributed by atoms with Gasteiger partial charge in [-0.2, -0.15) is 0 Å². The molecule has 0 saturated heterocycles. The smallest absolute Gasteiger partial charge is 0.269 e. The first kappa shape index (κ1) is 21.8. The fraction of sp³-hybridized carbons (Fsp3) is 0.120. The molecule has 0 aliphatic carbocycles. The Kier molecular flexibility index (Phi) is 5.91. The number of benzene rings is 3. The summed E-state index contributed by atoms with van der Waals surface area (Å²) in [7, 11) is 1.50. The van der Waals surface area contributed by atoms with Crippen LogP contribution in [-0.4, -0.2) is 22.9 Å². The molecule has 0 radical (unpaired) electrons. The van der Waals surface area contributed by atoms with Gasteiger partial charge in [0.2, 0.25) is 0 Å². The molecule has 0 unspecified atom stereocenters. The van der Waals surface area contributed by atoms with E-state index < -0.39 is 10.8 Å². The van der Waals surface area contributed by atoms with Gasteiger partial charge in [0, 0.05) is 28.8 Å². The maximum Gasteiger partial charge on any atom is 0.269 e. The van der Waals surface area contributed by atoms with Gasteiger partial charge in [-0.05, 0) is 54.8 Å². The summed E-state index contributed by atoms with van der Waals surface area (Å²) in [5.74, 6) is 0.0407. The molecule has 33 heavy (non-hydrogen) atoms. The van der Waals surface area contributed by atoms with Crippen LogP contribution in [-0.2, 0) is 6.54 Å². The van der Waals surface area contributed by atoms with Gasteiger partial charge in [-0.15, -0.1) is 0 Å². The molecule has 0 fully saturated rings. The summed E-state index contributed by atoms with van der Waals surface area (Å²) in [6.45, 7) is 1.94. The molecule has 0 saturated carbocycles. The van der Waals surface area contributed by atoms with Crippen molar-refractivity contribution in [2.24, 2.45) is 0 Å². The molecule has 8 nitrogen and oxygen atoms in total. The second-order valence-electron chi connectivity index (χ2n) is 7.58. The number of aromatic amines is 1. The van der Waals surface area contributed by atoms with Gasteiger partial charge in [0.15, 0.2) is 0 Å². The summed E-state index contributed by atoms with van der Waals surface area (Å²) in [4.78, 5) is 41.1. The zero-order valence-corrected chi connectivity index (χ0v) is 18.1. The lowest BCUT2D eigenvalue weighted by Crippen LogP contribution is -2.33. The van der Waals surface area contributed by atoms with Crippen molar-refractivity contribution in [1.29, 1.82) is 0 Å². The van der Waals surface area contributed by atoms with E-state index in [-0.39, 0.29) is 23.4 Å². The van der Waals surface area contributed by atoms with Crippen LogP contribution >= 0.6 is 0 Å². The van der Waals surface area contributed by atoms with E-state index in [1.807, 2.05) is 25.1 Å². The molecule has 8 heteroatoms. The fourth-order valence-electron chi connectivity index (χ4n) is 3.66. The minimum Gasteiger partial charge on any atom is -0.495 e. The molecule has 0 aliphatic rings. The number of hydrogen-bond acceptors (Lipinski definition) is 5. The number of H-pyrrole nitrogens is 1. The van der Waals surface area contributed by atoms with Gasteiger partial charge >= 0.3 is 0 Å². The lowest BCUT2D eigenvalue weighted by Gasteiger charge is -2.24. The van der Waals surface area contributed by atoms with E-state index in [2.05, 4.69) is 4.98 Å². The molecular formula is C25H21N3O5. The van der Waals surface area contributed by atoms with Crippen molar-refractivity contribution in [1.82, 2.24) is 4.98 Å². The predicted molar refractivity (Wildman–Crippen MR) is 126 cm³/mol. The molecule has 1 N–H and O–H groups in total. The second kappa shape index (κ2) is 8.96. The minimum atomic E-state index is -0.525. The minimum absolute atomic E-state index is 0.0184. The fourth-order valence-corrected chi connectivity index (χ4v) is 3.66. The van der Waals surface area contributed by atoms with E-state index >= 15 is 0 Å². The molecule has 1 aromatic heterocycles. The number of pyridine rings is 1. The van der Waals surface area contributed by atoms with Crippen LogP contribution in [0, 0.1) is 17.0 Å². The van der Waals surface area contributed by atoms with E-state index in [9.17, 15) is 19.7 Å². The SMILES string of the molecule is COc1ccccc1N(Cc1cc2cc(C)ccc2[nH]c1=O)C(=O)c1ccc([N+](=O)[O-])cc1. The van der Waals surface area contributed by atoms with E-state index in [1.54, 1.807) is 30.3 Å². The lowest BCUT2D eigenvalue weighted by atomic mass is 10.1. The van der Waals surface area contributed by atoms with Crippen molar-refractivity contribution in [3.63, 3.8) is 0 Å². The maximum atomic E-state index is 13.5. The number of aromatic nitrogens is 1. The number of carbonyl (C=O) groups is 1. The molecule has 1 heterocycles. The summed E-state index contributed by atoms with van der Waals surface area (Å²) in [6.07, 6.45) is 0. The van der Waals surface area contributed by atoms with E-state index in [4.69, 9.17) is 4.74 Å². The Morgan fingerprint density at radius 2 is 1.79 bits per heavy atom. The first-order chi connectivity index (χ1) is 15.9. The Hall–Kier alpha value is -4.46. The largest absolute Gasteiger partial charge is 0.495 e. The number of amides is 1. The van der Waals surface area contributed by atoms with Crippen molar-refractivity contribution in [2.45, 2.75) is 13.5 Å². The average molecular weight is 443 g/mol. The molecule has 4 aromatic rings. The molecular weight excluding hydrogens is 422 g/mol. The number of nitro groups is 1. The highest BCUT2D eigenvalue weighted by atomic mass is 16.6. The van der Waals surface area contributed by atoms with Crippen molar-refractivity contribution < 1.29 is 14.5 Å². The zero-order valence-electron chi connectivity index (χ0n) is 18.1. The number of aryl methyl sites for hydroxylation is 1. The number of rotatable bonds is 6. The summed E-state index contributed by atoms with van der Waals surface area (Å²) in [5, 5.41) is 11.8. The molecule has 0 aliphatic heterocycles. The van der Waals surface area contributed by atoms with Gasteiger partial charge in [-0.25, -0.2) is 0 Å². The van der Waals surface area contributed by atoms with Crippen LogP contribution in [0.2, 0.25) is 0 Å². The van der Waals surface area contributed by atoms with E-state index in [1.165, 1.54) is 36.3 Å². The number of non-ortho nitro benzene ring substituents is 1. The van der Waals surface area contributed by atoms with Gasteiger partial charge in [0.05, 0.1) is 24.3 Å². The molecule has 3 aromatic carbocycles. The van der Waals surface area contributed by atoms with Crippen LogP contribution < -0.4 is 15.2 Å². The maximum absolute atomic E-state index is 13.5. The van der Waals surface area contributed by atoms with Gasteiger partial charge < -0.3 is 14.6 Å². The Labute approximate surface area is 189 Å². The normalized spacial score (nSPS) is 10.7. The standard InChI is InChI=1S/C25H21N3O5/c1-16-7-12-21-18(13-16)14-19(24(29)26-21)15-27(22-5-3-4-6-23(22)33-2)25(30)17-8-10-20(11-9-17)28(31)32/h3-14H,15H2,1-2H3,(H,26,29). The summed E-state index contributed by atoms with van der Waals surface area (Å²) >= 11 is 0. The number of methoxy groups -OCH3 is 1. The van der Waals surface area contributed by atoms with Gasteiger partial charge in [-0.1, -0.05) is 23.8 Å². The van der Waals surface area contributed by atoms with Crippen LogP contribution in [0.1, 0.15) is 21.5 Å². The van der Waals surface area contributed by atoms with Crippen LogP contribution in [0.15, 0.2) is 77.6 Å². The number of fused-ring (bicyclic) bond motifs is 1. The van der Waals surface area contributed by atoms with E-state index in [0.29, 0.717) is 22.5 Å². The first-order valence-electron chi connectivity index (χ1n) is 10.2. The number of carbonyl (C=O) groups excluding carboxylic acids is 1. The van der Waals surface area contributed by atoms with Crippen molar-refractivity contribution in [3.8, 4) is 5.75 Å². The van der Waals surface area contributed by atoms with E-state index in [0.717, 1.165) is 10.9 Å². The monoisotopic (exact) mass is 443 g/mol. The van der Waals surface area contributed by atoms with Crippen LogP contribution in [0.25, 0.3) is 10.9 Å². The number of para-hydroxylation sites is 2. The third kappa shape index (κ3) is 4.45. The summed E-state index contributed by atoms with van der Waals surface area (Å²) in [6, 6.07) is 19.8. The number of nitrogens with zero attached hydrogens (tertiary/aromatic N) is 2. The highest BCUT2D eigenvalue weighted by molar-refractivity contribution is 6.07. The number of hydrogen-bond donors (Lipinski definition) is 1. The quantitative estimate of drug-likeness (QED) is 0.346. The predicted octanol–water partition coefficient (Wildman–Crippen LogP) is 4.60. The van der Waals surface area contributed by atoms with Gasteiger partial charge in [0.1, 0.15) is 5.75 Å². The Morgan fingerprint density at radius 3 is 2.48 bits per heavy atom. The van der Waals surface area contributed by atoms with Gasteiger partial charge in [0.25, 0.3) is 17.2 Å². The molecule has 0 atom stereocenters. The Balaban J connectivity index is 1.80. The Bertz CT molecular complexity index is 1410. The third-order valence-corrected chi connectivity index (χ3v) is 5.35. The highest BCUT2D eigenvalue weighted by Crippen LogP contribution is 2.30. The summed E-state index contributed by atoms with van der Waals surface area (Å²) in [5.41, 5.74) is 2.46. The van der Waals surface area contributed by atoms with Crippen LogP contribution in [0.4, 0.5) is 11.4 Å². The lowest BCUT2D eigenvalue weighted by molar-refractivity contribution is -0.384. The molecule has 1 amide bonds. The number of ether oxygens (including phenoxy) is 1. The topological polar surface area (TPSA) is 106 Å². The Morgan fingerprint density at radius 1 is 1.06 bits per heavy atom. The third-order valence-electron chi connectivity index (χ3n) is 5.35. The number of anilines is 1. The number of nitro benzene ring substituents is 1. The molecule has 0 spiro atoms. The molecule has 166 valence electrons. The van der Waals surface area contributed by atoms with Crippen molar-refractivity contribution in [2.75, 3.05) is 12.0 Å². The molecule has 0 bridgehead atoms. The second-order valence-corrected chi connectivity index (χ2v) is 7.58. The zero-order chi connectivity index (χ0) is 23.5.